The minimum atomic E-state index is -0.938. The van der Waals surface area contributed by atoms with Crippen molar-refractivity contribution in [2.75, 3.05) is 7.11 Å². The van der Waals surface area contributed by atoms with Gasteiger partial charge in [-0.25, -0.2) is 0 Å². The summed E-state index contributed by atoms with van der Waals surface area (Å²) in [4.78, 5) is 24.3. The average Bonchev–Trinajstić information content (AvgIpc) is 3.04. The van der Waals surface area contributed by atoms with Crippen LogP contribution < -0.4 is 14.6 Å². The average molecular weight is 417 g/mol. The van der Waals surface area contributed by atoms with Gasteiger partial charge >= 0.3 is 155 Å². The molecule has 128 valence electrons. The van der Waals surface area contributed by atoms with E-state index in [0.29, 0.717) is 11.3 Å². The summed E-state index contributed by atoms with van der Waals surface area (Å²) < 4.78 is 7.39. The van der Waals surface area contributed by atoms with E-state index in [0.717, 1.165) is 25.8 Å². The van der Waals surface area contributed by atoms with Crippen molar-refractivity contribution < 1.29 is 19.5 Å². The number of carbonyl (C=O) groups is 2. The molecule has 0 radical (unpaired) electrons. The molecule has 1 amide bonds. The zero-order chi connectivity index (χ0) is 17.8. The molecule has 5 nitrogen and oxygen atoms in total. The molecule has 3 aromatic rings. The van der Waals surface area contributed by atoms with Gasteiger partial charge in [-0.1, -0.05) is 0 Å². The first-order valence-corrected chi connectivity index (χ1v) is 10.4. The standard InChI is InChI=1S/C18H16AsNO4S/c1-24-14-4-2-3-11(7-14)8-17(21)19-13-5-6-15-12(9-13)10-16(25-15)18(22)20-23/h2-7,9-10,19,23H,8H2,1H3,(H,20,22). The number of carbonyl (C=O) groups excluding carboxylic acids is 2. The Balaban J connectivity index is 1.73. The fraction of sp³-hybridized carbons (Fsp3) is 0.111. The molecule has 2 aromatic carbocycles. The first-order valence-electron chi connectivity index (χ1n) is 7.50. The number of ether oxygens (including phenoxy) is 1. The van der Waals surface area contributed by atoms with Crippen molar-refractivity contribution in [1.82, 2.24) is 5.48 Å². The number of hydrogen-bond acceptors (Lipinski definition) is 5. The number of amides is 1. The normalized spacial score (nSPS) is 11.1. The molecule has 1 atom stereocenters. The van der Waals surface area contributed by atoms with Gasteiger partial charge in [-0.2, -0.15) is 0 Å². The number of methoxy groups -OCH3 is 1. The second-order valence-corrected chi connectivity index (χ2v) is 9.37. The Hall–Kier alpha value is -2.14. The molecule has 1 heterocycles. The summed E-state index contributed by atoms with van der Waals surface area (Å²) in [5, 5.41) is 9.64. The predicted octanol–water partition coefficient (Wildman–Crippen LogP) is 1.86. The van der Waals surface area contributed by atoms with E-state index in [1.165, 1.54) is 11.3 Å². The van der Waals surface area contributed by atoms with E-state index >= 15 is 0 Å². The van der Waals surface area contributed by atoms with Gasteiger partial charge in [0.05, 0.1) is 0 Å². The monoisotopic (exact) mass is 417 g/mol. The summed E-state index contributed by atoms with van der Waals surface area (Å²) in [6, 6.07) is 15.1. The van der Waals surface area contributed by atoms with Crippen LogP contribution in [0.25, 0.3) is 10.1 Å². The van der Waals surface area contributed by atoms with E-state index in [9.17, 15) is 9.59 Å². The van der Waals surface area contributed by atoms with Crippen molar-refractivity contribution >= 4 is 52.0 Å². The molecule has 0 saturated carbocycles. The Bertz CT molecular complexity index is 938. The summed E-state index contributed by atoms with van der Waals surface area (Å²) in [7, 11) is 1.61. The van der Waals surface area contributed by atoms with Crippen molar-refractivity contribution in [3.05, 3.63) is 59.0 Å². The number of fused-ring (bicyclic) bond motifs is 1. The Morgan fingerprint density at radius 1 is 1.20 bits per heavy atom. The third-order valence-corrected chi connectivity index (χ3v) is 6.95. The van der Waals surface area contributed by atoms with E-state index in [1.807, 2.05) is 42.5 Å². The van der Waals surface area contributed by atoms with Crippen LogP contribution >= 0.6 is 11.3 Å². The van der Waals surface area contributed by atoms with Crippen molar-refractivity contribution in [2.24, 2.45) is 0 Å². The molecule has 2 N–H and O–H groups in total. The van der Waals surface area contributed by atoms with Crippen molar-refractivity contribution in [2.45, 2.75) is 6.42 Å². The number of benzene rings is 2. The van der Waals surface area contributed by atoms with E-state index in [-0.39, 0.29) is 4.57 Å². The van der Waals surface area contributed by atoms with Crippen molar-refractivity contribution in [1.29, 1.82) is 0 Å². The molecule has 0 fully saturated rings. The van der Waals surface area contributed by atoms with Gasteiger partial charge in [-0.15, -0.1) is 0 Å². The summed E-state index contributed by atoms with van der Waals surface area (Å²) in [5.74, 6) is 0.229. The minimum absolute atomic E-state index is 0.233. The zero-order valence-corrected chi connectivity index (χ0v) is 16.3. The summed E-state index contributed by atoms with van der Waals surface area (Å²) in [6.07, 6.45) is 0.400. The molecule has 3 rings (SSSR count). The SMILES string of the molecule is COc1cccc(CC(=O)[AsH]c2ccc3sc(C(=O)NO)cc3c2)c1. The van der Waals surface area contributed by atoms with Crippen LogP contribution in [0, 0.1) is 0 Å². The van der Waals surface area contributed by atoms with Crippen LogP contribution in [0.2, 0.25) is 0 Å². The summed E-state index contributed by atoms with van der Waals surface area (Å²) >= 11 is 0.369. The van der Waals surface area contributed by atoms with Crippen LogP contribution in [0.3, 0.4) is 0 Å². The molecule has 0 bridgehead atoms. The Kier molecular flexibility index (Phi) is 5.53. The molecule has 0 aliphatic rings. The molecule has 0 spiro atoms. The molecule has 25 heavy (non-hydrogen) atoms. The van der Waals surface area contributed by atoms with Crippen LogP contribution in [-0.4, -0.2) is 38.5 Å². The number of thiophene rings is 1. The number of rotatable bonds is 6. The van der Waals surface area contributed by atoms with Crippen LogP contribution in [0.1, 0.15) is 15.2 Å². The van der Waals surface area contributed by atoms with Crippen LogP contribution in [0.15, 0.2) is 48.5 Å². The molecule has 1 unspecified atom stereocenters. The zero-order valence-electron chi connectivity index (χ0n) is 13.4. The van der Waals surface area contributed by atoms with Gasteiger partial charge < -0.3 is 0 Å². The van der Waals surface area contributed by atoms with Gasteiger partial charge in [0.15, 0.2) is 0 Å². The second-order valence-electron chi connectivity index (χ2n) is 5.38. The molecule has 7 heteroatoms. The molecule has 0 aliphatic heterocycles. The van der Waals surface area contributed by atoms with E-state index < -0.39 is 21.7 Å². The number of nitrogens with one attached hydrogen (secondary N) is 1. The number of hydrogen-bond donors (Lipinski definition) is 2. The third-order valence-electron chi connectivity index (χ3n) is 3.62. The van der Waals surface area contributed by atoms with Crippen LogP contribution in [0.4, 0.5) is 0 Å². The second kappa shape index (κ2) is 7.83. The van der Waals surface area contributed by atoms with Gasteiger partial charge in [0.1, 0.15) is 0 Å². The number of hydroxylamine groups is 1. The Morgan fingerprint density at radius 3 is 2.80 bits per heavy atom. The van der Waals surface area contributed by atoms with E-state index in [2.05, 4.69) is 0 Å². The quantitative estimate of drug-likeness (QED) is 0.365. The first-order chi connectivity index (χ1) is 12.1. The van der Waals surface area contributed by atoms with Gasteiger partial charge in [0.2, 0.25) is 0 Å². The molecular weight excluding hydrogens is 401 g/mol. The van der Waals surface area contributed by atoms with Crippen LogP contribution in [0.5, 0.6) is 5.75 Å². The van der Waals surface area contributed by atoms with Gasteiger partial charge in [-0.05, 0) is 0 Å². The van der Waals surface area contributed by atoms with Gasteiger partial charge in [0, 0.05) is 0 Å². The van der Waals surface area contributed by atoms with Gasteiger partial charge in [-0.3, -0.25) is 0 Å². The van der Waals surface area contributed by atoms with Crippen molar-refractivity contribution in [3.63, 3.8) is 0 Å². The van der Waals surface area contributed by atoms with E-state index in [1.54, 1.807) is 18.7 Å². The topological polar surface area (TPSA) is 75.6 Å². The van der Waals surface area contributed by atoms with Gasteiger partial charge in [0.25, 0.3) is 0 Å². The maximum absolute atomic E-state index is 12.4. The Morgan fingerprint density at radius 2 is 2.04 bits per heavy atom. The third kappa shape index (κ3) is 4.28. The van der Waals surface area contributed by atoms with Crippen LogP contribution in [-0.2, 0) is 11.2 Å². The fourth-order valence-electron chi connectivity index (χ4n) is 2.46. The summed E-state index contributed by atoms with van der Waals surface area (Å²) in [6.45, 7) is 0. The van der Waals surface area contributed by atoms with Crippen molar-refractivity contribution in [3.8, 4) is 5.75 Å². The molecular formula is C18H16AsNO4S. The Labute approximate surface area is 155 Å². The fourth-order valence-corrected chi connectivity index (χ4v) is 5.51. The molecule has 0 saturated heterocycles. The molecule has 0 aliphatic carbocycles. The maximum atomic E-state index is 12.4. The first kappa shape index (κ1) is 17.7. The predicted molar refractivity (Wildman–Crippen MR) is 99.6 cm³/mol. The molecule has 1 aromatic heterocycles. The summed E-state index contributed by atoms with van der Waals surface area (Å²) in [5.41, 5.74) is 2.59. The van der Waals surface area contributed by atoms with E-state index in [4.69, 9.17) is 9.94 Å².